The molecule has 0 fully saturated rings. The summed E-state index contributed by atoms with van der Waals surface area (Å²) in [6, 6.07) is 17.0. The Balaban J connectivity index is 1.98. The third-order valence-electron chi connectivity index (χ3n) is 4.25. The van der Waals surface area contributed by atoms with E-state index >= 15 is 0 Å². The normalized spacial score (nSPS) is 16.6. The topological polar surface area (TPSA) is 85.3 Å². The van der Waals surface area contributed by atoms with Gasteiger partial charge in [-0.1, -0.05) is 48.5 Å². The Labute approximate surface area is 156 Å². The number of nitrogens with two attached hydrogens (primary N) is 1. The number of esters is 1. The number of carbonyl (C=O) groups excluding carboxylic acids is 1. The van der Waals surface area contributed by atoms with Crippen molar-refractivity contribution in [3.63, 3.8) is 0 Å². The molecule has 0 bridgehead atoms. The molecule has 136 valence electrons. The zero-order valence-electron chi connectivity index (χ0n) is 14.6. The molecular formula is C21H17FN2O3. The van der Waals surface area contributed by atoms with Crippen molar-refractivity contribution in [2.75, 3.05) is 0 Å². The van der Waals surface area contributed by atoms with Crippen LogP contribution in [-0.4, -0.2) is 5.97 Å². The molecule has 0 spiro atoms. The largest absolute Gasteiger partial charge is 0.457 e. The number of hydrogen-bond donors (Lipinski definition) is 1. The Morgan fingerprint density at radius 3 is 2.56 bits per heavy atom. The second-order valence-electron chi connectivity index (χ2n) is 5.98. The molecule has 0 aromatic heterocycles. The molecule has 1 aliphatic rings. The number of rotatable bonds is 4. The van der Waals surface area contributed by atoms with Gasteiger partial charge in [0.2, 0.25) is 5.88 Å². The molecule has 2 N–H and O–H groups in total. The first-order valence-electron chi connectivity index (χ1n) is 8.26. The first kappa shape index (κ1) is 18.2. The average Bonchev–Trinajstić information content (AvgIpc) is 2.67. The van der Waals surface area contributed by atoms with E-state index < -0.39 is 17.7 Å². The molecular weight excluding hydrogens is 347 g/mol. The summed E-state index contributed by atoms with van der Waals surface area (Å²) >= 11 is 0. The van der Waals surface area contributed by atoms with Crippen LogP contribution in [0.25, 0.3) is 0 Å². The van der Waals surface area contributed by atoms with Crippen molar-refractivity contribution in [1.29, 1.82) is 5.26 Å². The second kappa shape index (κ2) is 7.75. The molecule has 0 radical (unpaired) electrons. The van der Waals surface area contributed by atoms with Crippen LogP contribution in [0.15, 0.2) is 77.4 Å². The minimum absolute atomic E-state index is 0.0302. The van der Waals surface area contributed by atoms with Crippen LogP contribution in [0, 0.1) is 17.1 Å². The summed E-state index contributed by atoms with van der Waals surface area (Å²) in [4.78, 5) is 12.8. The summed E-state index contributed by atoms with van der Waals surface area (Å²) < 4.78 is 25.2. The lowest BCUT2D eigenvalue weighted by Crippen LogP contribution is -2.26. The van der Waals surface area contributed by atoms with Crippen molar-refractivity contribution in [3.05, 3.63) is 94.3 Å². The zero-order valence-corrected chi connectivity index (χ0v) is 14.6. The lowest BCUT2D eigenvalue weighted by molar-refractivity contribution is -0.140. The van der Waals surface area contributed by atoms with Crippen molar-refractivity contribution < 1.29 is 18.7 Å². The van der Waals surface area contributed by atoms with Gasteiger partial charge >= 0.3 is 5.97 Å². The lowest BCUT2D eigenvalue weighted by Gasteiger charge is -2.27. The fourth-order valence-corrected chi connectivity index (χ4v) is 2.97. The van der Waals surface area contributed by atoms with Gasteiger partial charge in [-0.25, -0.2) is 9.18 Å². The molecule has 0 saturated carbocycles. The highest BCUT2D eigenvalue weighted by atomic mass is 19.1. The van der Waals surface area contributed by atoms with Gasteiger partial charge in [0.25, 0.3) is 0 Å². The van der Waals surface area contributed by atoms with E-state index in [1.807, 2.05) is 36.4 Å². The first-order chi connectivity index (χ1) is 13.0. The SMILES string of the molecule is CC1=C(C(=O)OCc2ccccc2)[C@H](c2ccccc2F)C(C#N)=C(N)O1. The molecule has 2 aromatic rings. The number of carbonyl (C=O) groups is 1. The predicted molar refractivity (Wildman–Crippen MR) is 96.0 cm³/mol. The van der Waals surface area contributed by atoms with Crippen LogP contribution >= 0.6 is 0 Å². The summed E-state index contributed by atoms with van der Waals surface area (Å²) in [5.74, 6) is -2.20. The van der Waals surface area contributed by atoms with E-state index in [9.17, 15) is 14.4 Å². The van der Waals surface area contributed by atoms with E-state index in [0.717, 1.165) is 5.56 Å². The van der Waals surface area contributed by atoms with E-state index in [1.54, 1.807) is 6.07 Å². The van der Waals surface area contributed by atoms with Gasteiger partial charge < -0.3 is 15.2 Å². The van der Waals surface area contributed by atoms with Crippen LogP contribution in [0.3, 0.4) is 0 Å². The van der Waals surface area contributed by atoms with Gasteiger partial charge in [0.1, 0.15) is 29.8 Å². The molecule has 0 saturated heterocycles. The number of nitriles is 1. The van der Waals surface area contributed by atoms with E-state index in [2.05, 4.69) is 0 Å². The predicted octanol–water partition coefficient (Wildman–Crippen LogP) is 3.65. The molecule has 1 atom stereocenters. The summed E-state index contributed by atoms with van der Waals surface area (Å²) in [6.45, 7) is 1.58. The highest BCUT2D eigenvalue weighted by Crippen LogP contribution is 2.40. The third kappa shape index (κ3) is 3.67. The summed E-state index contributed by atoms with van der Waals surface area (Å²) in [6.07, 6.45) is 0. The van der Waals surface area contributed by atoms with Crippen molar-refractivity contribution in [3.8, 4) is 6.07 Å². The van der Waals surface area contributed by atoms with Gasteiger partial charge in [-0.3, -0.25) is 0 Å². The maximum Gasteiger partial charge on any atom is 0.338 e. The monoisotopic (exact) mass is 364 g/mol. The highest BCUT2D eigenvalue weighted by molar-refractivity contribution is 5.92. The van der Waals surface area contributed by atoms with Crippen LogP contribution in [0.2, 0.25) is 0 Å². The van der Waals surface area contributed by atoms with Crippen LogP contribution in [0.1, 0.15) is 24.0 Å². The van der Waals surface area contributed by atoms with Crippen molar-refractivity contribution in [1.82, 2.24) is 0 Å². The zero-order chi connectivity index (χ0) is 19.4. The Hall–Kier alpha value is -3.59. The van der Waals surface area contributed by atoms with Crippen molar-refractivity contribution in [2.45, 2.75) is 19.4 Å². The molecule has 1 heterocycles. The fourth-order valence-electron chi connectivity index (χ4n) is 2.97. The molecule has 0 unspecified atom stereocenters. The maximum absolute atomic E-state index is 14.4. The smallest absolute Gasteiger partial charge is 0.338 e. The van der Waals surface area contributed by atoms with Crippen molar-refractivity contribution in [2.24, 2.45) is 5.73 Å². The minimum atomic E-state index is -0.992. The molecule has 2 aromatic carbocycles. The molecule has 3 rings (SSSR count). The standard InChI is InChI=1S/C21H17FN2O3/c1-13-18(21(25)26-12-14-7-3-2-4-8-14)19(16(11-23)20(24)27-13)15-9-5-6-10-17(15)22/h2-10,19H,12,24H2,1H3/t19-/m1/s1. The molecule has 0 aliphatic carbocycles. The van der Waals surface area contributed by atoms with Gasteiger partial charge in [0.15, 0.2) is 0 Å². The van der Waals surface area contributed by atoms with Crippen LogP contribution in [-0.2, 0) is 20.9 Å². The number of allylic oxidation sites excluding steroid dienone is 2. The Morgan fingerprint density at radius 2 is 1.89 bits per heavy atom. The lowest BCUT2D eigenvalue weighted by atomic mass is 9.83. The third-order valence-corrected chi connectivity index (χ3v) is 4.25. The maximum atomic E-state index is 14.4. The Bertz CT molecular complexity index is 974. The molecule has 27 heavy (non-hydrogen) atoms. The molecule has 0 amide bonds. The van der Waals surface area contributed by atoms with Gasteiger partial charge in [-0.05, 0) is 18.6 Å². The number of nitrogens with zero attached hydrogens (tertiary/aromatic N) is 1. The van der Waals surface area contributed by atoms with Crippen LogP contribution in [0.4, 0.5) is 4.39 Å². The summed E-state index contributed by atoms with van der Waals surface area (Å²) in [7, 11) is 0. The average molecular weight is 364 g/mol. The van der Waals surface area contributed by atoms with Gasteiger partial charge in [-0.15, -0.1) is 0 Å². The van der Waals surface area contributed by atoms with Gasteiger partial charge in [0.05, 0.1) is 11.5 Å². The van der Waals surface area contributed by atoms with Gasteiger partial charge in [0, 0.05) is 5.56 Å². The second-order valence-corrected chi connectivity index (χ2v) is 5.98. The van der Waals surface area contributed by atoms with Crippen LogP contribution in [0.5, 0.6) is 0 Å². The minimum Gasteiger partial charge on any atom is -0.457 e. The van der Waals surface area contributed by atoms with Crippen LogP contribution < -0.4 is 5.73 Å². The number of halogens is 1. The molecule has 1 aliphatic heterocycles. The molecule has 5 nitrogen and oxygen atoms in total. The Morgan fingerprint density at radius 1 is 1.22 bits per heavy atom. The Kier molecular flexibility index (Phi) is 5.23. The van der Waals surface area contributed by atoms with E-state index in [4.69, 9.17) is 15.2 Å². The van der Waals surface area contributed by atoms with E-state index in [-0.39, 0.29) is 35.0 Å². The van der Waals surface area contributed by atoms with E-state index in [1.165, 1.54) is 25.1 Å². The highest BCUT2D eigenvalue weighted by Gasteiger charge is 2.37. The summed E-state index contributed by atoms with van der Waals surface area (Å²) in [5.41, 5.74) is 6.80. The number of ether oxygens (including phenoxy) is 2. The number of hydrogen-bond acceptors (Lipinski definition) is 5. The fraction of sp³-hybridized carbons (Fsp3) is 0.143. The van der Waals surface area contributed by atoms with Gasteiger partial charge in [-0.2, -0.15) is 5.26 Å². The van der Waals surface area contributed by atoms with E-state index in [0.29, 0.717) is 0 Å². The quantitative estimate of drug-likeness (QED) is 0.837. The number of benzene rings is 2. The van der Waals surface area contributed by atoms with Crippen molar-refractivity contribution >= 4 is 5.97 Å². The first-order valence-corrected chi connectivity index (χ1v) is 8.26. The summed E-state index contributed by atoms with van der Waals surface area (Å²) in [5, 5.41) is 9.51. The molecule has 6 heteroatoms.